The van der Waals surface area contributed by atoms with Crippen molar-refractivity contribution in [2.45, 2.75) is 51.2 Å². The molecule has 1 unspecified atom stereocenters. The summed E-state index contributed by atoms with van der Waals surface area (Å²) in [6.07, 6.45) is 5.48. The molecule has 3 nitrogen and oxygen atoms in total. The van der Waals surface area contributed by atoms with Crippen LogP contribution in [0.15, 0.2) is 5.38 Å². The van der Waals surface area contributed by atoms with Crippen LogP contribution in [0.4, 0.5) is 5.13 Å². The van der Waals surface area contributed by atoms with E-state index >= 15 is 0 Å². The lowest BCUT2D eigenvalue weighted by molar-refractivity contribution is 0.606. The quantitative estimate of drug-likeness (QED) is 0.842. The second-order valence-corrected chi connectivity index (χ2v) is 6.30. The van der Waals surface area contributed by atoms with Crippen molar-refractivity contribution in [1.82, 2.24) is 10.3 Å². The van der Waals surface area contributed by atoms with Gasteiger partial charge in [-0.15, -0.1) is 11.3 Å². The zero-order valence-electron chi connectivity index (χ0n) is 10.6. The zero-order chi connectivity index (χ0) is 11.8. The Morgan fingerprint density at radius 3 is 2.88 bits per heavy atom. The van der Waals surface area contributed by atoms with Gasteiger partial charge in [0, 0.05) is 31.1 Å². The minimum atomic E-state index is 0.644. The molecular formula is C13H21N3S. The summed E-state index contributed by atoms with van der Waals surface area (Å²) in [5.41, 5.74) is 1.20. The van der Waals surface area contributed by atoms with Crippen LogP contribution in [0.3, 0.4) is 0 Å². The Morgan fingerprint density at radius 1 is 1.47 bits per heavy atom. The van der Waals surface area contributed by atoms with E-state index in [1.54, 1.807) is 11.3 Å². The highest BCUT2D eigenvalue weighted by atomic mass is 32.1. The molecule has 1 aromatic heterocycles. The van der Waals surface area contributed by atoms with E-state index in [9.17, 15) is 0 Å². The molecule has 17 heavy (non-hydrogen) atoms. The van der Waals surface area contributed by atoms with E-state index in [1.165, 1.54) is 36.5 Å². The van der Waals surface area contributed by atoms with E-state index in [1.807, 2.05) is 0 Å². The standard InChI is InChI=1S/C13H21N3S/c1-9(10-3-4-10)16(2)13-15-12(8-17-13)7-14-11-5-6-11/h8-11,14H,3-7H2,1-2H3. The first kappa shape index (κ1) is 11.5. The van der Waals surface area contributed by atoms with Crippen LogP contribution in [0.1, 0.15) is 38.3 Å². The van der Waals surface area contributed by atoms with Gasteiger partial charge in [0.05, 0.1) is 5.69 Å². The third-order valence-corrected chi connectivity index (χ3v) is 4.89. The number of hydrogen-bond acceptors (Lipinski definition) is 4. The Kier molecular flexibility index (Phi) is 3.09. The largest absolute Gasteiger partial charge is 0.348 e. The van der Waals surface area contributed by atoms with E-state index in [-0.39, 0.29) is 0 Å². The number of thiazole rings is 1. The van der Waals surface area contributed by atoms with E-state index in [2.05, 4.69) is 29.6 Å². The van der Waals surface area contributed by atoms with Crippen molar-refractivity contribution in [2.75, 3.05) is 11.9 Å². The van der Waals surface area contributed by atoms with Crippen LogP contribution < -0.4 is 10.2 Å². The fourth-order valence-corrected chi connectivity index (χ4v) is 3.02. The van der Waals surface area contributed by atoms with Crippen molar-refractivity contribution in [1.29, 1.82) is 0 Å². The summed E-state index contributed by atoms with van der Waals surface area (Å²) in [5.74, 6) is 0.900. The Morgan fingerprint density at radius 2 is 2.24 bits per heavy atom. The van der Waals surface area contributed by atoms with Gasteiger partial charge in [-0.05, 0) is 38.5 Å². The number of nitrogens with one attached hydrogen (secondary N) is 1. The summed E-state index contributed by atoms with van der Waals surface area (Å²) in [6.45, 7) is 3.26. The first-order valence-corrected chi connectivity index (χ1v) is 7.52. The highest BCUT2D eigenvalue weighted by Gasteiger charge is 2.31. The second-order valence-electron chi connectivity index (χ2n) is 5.47. The molecule has 1 atom stereocenters. The number of rotatable bonds is 6. The maximum absolute atomic E-state index is 4.72. The molecule has 0 spiro atoms. The minimum Gasteiger partial charge on any atom is -0.348 e. The molecule has 1 heterocycles. The van der Waals surface area contributed by atoms with E-state index in [0.29, 0.717) is 6.04 Å². The van der Waals surface area contributed by atoms with Crippen LogP contribution in [0.2, 0.25) is 0 Å². The van der Waals surface area contributed by atoms with Crippen LogP contribution in [0, 0.1) is 5.92 Å². The second kappa shape index (κ2) is 4.58. The van der Waals surface area contributed by atoms with Crippen molar-refractivity contribution in [3.05, 3.63) is 11.1 Å². The highest BCUT2D eigenvalue weighted by Crippen LogP contribution is 2.36. The third-order valence-electron chi connectivity index (χ3n) is 3.91. The van der Waals surface area contributed by atoms with Gasteiger partial charge in [-0.2, -0.15) is 0 Å². The van der Waals surface area contributed by atoms with Gasteiger partial charge in [-0.3, -0.25) is 0 Å². The van der Waals surface area contributed by atoms with Crippen molar-refractivity contribution >= 4 is 16.5 Å². The molecule has 3 rings (SSSR count). The molecule has 2 aliphatic carbocycles. The van der Waals surface area contributed by atoms with Gasteiger partial charge in [0.1, 0.15) is 0 Å². The number of anilines is 1. The van der Waals surface area contributed by atoms with Crippen molar-refractivity contribution < 1.29 is 0 Å². The monoisotopic (exact) mass is 251 g/mol. The number of aromatic nitrogens is 1. The third kappa shape index (κ3) is 2.80. The molecule has 0 saturated heterocycles. The van der Waals surface area contributed by atoms with Gasteiger partial charge in [0.2, 0.25) is 0 Å². The average Bonchev–Trinajstić information content (AvgIpc) is 3.24. The maximum Gasteiger partial charge on any atom is 0.185 e. The summed E-state index contributed by atoms with van der Waals surface area (Å²) < 4.78 is 0. The van der Waals surface area contributed by atoms with Crippen LogP contribution in [-0.4, -0.2) is 24.1 Å². The van der Waals surface area contributed by atoms with Gasteiger partial charge >= 0.3 is 0 Å². The van der Waals surface area contributed by atoms with E-state index < -0.39 is 0 Å². The molecule has 0 bridgehead atoms. The van der Waals surface area contributed by atoms with E-state index in [4.69, 9.17) is 4.98 Å². The number of hydrogen-bond donors (Lipinski definition) is 1. The van der Waals surface area contributed by atoms with Crippen LogP contribution >= 0.6 is 11.3 Å². The molecule has 2 aliphatic rings. The molecule has 0 amide bonds. The molecule has 2 saturated carbocycles. The van der Waals surface area contributed by atoms with Gasteiger partial charge < -0.3 is 10.2 Å². The average molecular weight is 251 g/mol. The molecule has 0 radical (unpaired) electrons. The van der Waals surface area contributed by atoms with Gasteiger partial charge in [-0.1, -0.05) is 0 Å². The Balaban J connectivity index is 1.57. The van der Waals surface area contributed by atoms with E-state index in [0.717, 1.165) is 18.5 Å². The van der Waals surface area contributed by atoms with Crippen molar-refractivity contribution in [3.63, 3.8) is 0 Å². The van der Waals surface area contributed by atoms with Crippen LogP contribution in [0.5, 0.6) is 0 Å². The molecule has 4 heteroatoms. The van der Waals surface area contributed by atoms with Gasteiger partial charge in [-0.25, -0.2) is 4.98 Å². The summed E-state index contributed by atoms with van der Waals surface area (Å²) in [7, 11) is 2.18. The molecule has 2 fully saturated rings. The van der Waals surface area contributed by atoms with Crippen molar-refractivity contribution in [3.8, 4) is 0 Å². The lowest BCUT2D eigenvalue weighted by atomic mass is 10.2. The highest BCUT2D eigenvalue weighted by molar-refractivity contribution is 7.13. The normalized spacial score (nSPS) is 21.5. The van der Waals surface area contributed by atoms with Crippen LogP contribution in [0.25, 0.3) is 0 Å². The molecule has 1 N–H and O–H groups in total. The van der Waals surface area contributed by atoms with Crippen molar-refractivity contribution in [2.24, 2.45) is 5.92 Å². The fourth-order valence-electron chi connectivity index (χ4n) is 2.14. The lowest BCUT2D eigenvalue weighted by Gasteiger charge is -2.23. The Bertz CT molecular complexity index is 382. The fraction of sp³-hybridized carbons (Fsp3) is 0.769. The SMILES string of the molecule is CC(C1CC1)N(C)c1nc(CNC2CC2)cs1. The predicted octanol–water partition coefficient (Wildman–Crippen LogP) is 2.63. The zero-order valence-corrected chi connectivity index (χ0v) is 11.5. The van der Waals surface area contributed by atoms with Gasteiger partial charge in [0.25, 0.3) is 0 Å². The summed E-state index contributed by atoms with van der Waals surface area (Å²) in [5, 5.41) is 6.89. The molecule has 94 valence electrons. The summed E-state index contributed by atoms with van der Waals surface area (Å²) in [6, 6.07) is 1.41. The molecular weight excluding hydrogens is 230 g/mol. The lowest BCUT2D eigenvalue weighted by Crippen LogP contribution is -2.30. The maximum atomic E-state index is 4.72. The smallest absolute Gasteiger partial charge is 0.185 e. The Labute approximate surface area is 107 Å². The number of nitrogens with zero attached hydrogens (tertiary/aromatic N) is 2. The summed E-state index contributed by atoms with van der Waals surface area (Å²) >= 11 is 1.78. The first-order valence-electron chi connectivity index (χ1n) is 6.64. The first-order chi connectivity index (χ1) is 8.24. The summed E-state index contributed by atoms with van der Waals surface area (Å²) in [4.78, 5) is 7.07. The molecule has 1 aromatic rings. The molecule has 0 aliphatic heterocycles. The Hall–Kier alpha value is -0.610. The van der Waals surface area contributed by atoms with Gasteiger partial charge in [0.15, 0.2) is 5.13 Å². The van der Waals surface area contributed by atoms with Crippen LogP contribution in [-0.2, 0) is 6.54 Å². The topological polar surface area (TPSA) is 28.2 Å². The molecule has 0 aromatic carbocycles. The minimum absolute atomic E-state index is 0.644. The predicted molar refractivity (Wildman–Crippen MR) is 72.6 cm³/mol.